The molecule has 5 heteroatoms. The molecule has 0 saturated carbocycles. The van der Waals surface area contributed by atoms with E-state index in [-0.39, 0.29) is 17.5 Å². The molecule has 1 aromatic carbocycles. The predicted octanol–water partition coefficient (Wildman–Crippen LogP) is 1.27. The Bertz CT molecular complexity index is 385. The van der Waals surface area contributed by atoms with Crippen LogP contribution in [0.25, 0.3) is 0 Å². The quantitative estimate of drug-likeness (QED) is 0.797. The van der Waals surface area contributed by atoms with E-state index in [2.05, 4.69) is 5.32 Å². The Morgan fingerprint density at radius 2 is 2.17 bits per heavy atom. The zero-order chi connectivity index (χ0) is 13.4. The molecule has 0 unspecified atom stereocenters. The lowest BCUT2D eigenvalue weighted by Crippen LogP contribution is -2.36. The standard InChI is InChI=1S/C13H19FN2O2/c1-3-15-13(17)10-16(2)8-9-18-12-7-5-4-6-11(12)14/h4-7H,3,8-10H2,1-2H3,(H,15,17). The molecule has 0 saturated heterocycles. The van der Waals surface area contributed by atoms with Crippen LogP contribution in [0, 0.1) is 5.82 Å². The highest BCUT2D eigenvalue weighted by Crippen LogP contribution is 2.14. The summed E-state index contributed by atoms with van der Waals surface area (Å²) in [7, 11) is 1.82. The van der Waals surface area contributed by atoms with Gasteiger partial charge in [-0.05, 0) is 26.1 Å². The summed E-state index contributed by atoms with van der Waals surface area (Å²) in [6.07, 6.45) is 0. The van der Waals surface area contributed by atoms with Gasteiger partial charge >= 0.3 is 0 Å². The Kier molecular flexibility index (Phi) is 6.14. The van der Waals surface area contributed by atoms with Crippen molar-refractivity contribution in [3.63, 3.8) is 0 Å². The smallest absolute Gasteiger partial charge is 0.234 e. The first kappa shape index (κ1) is 14.4. The number of likely N-dealkylation sites (N-methyl/N-ethyl adjacent to an activating group) is 2. The monoisotopic (exact) mass is 254 g/mol. The van der Waals surface area contributed by atoms with Crippen LogP contribution >= 0.6 is 0 Å². The zero-order valence-corrected chi connectivity index (χ0v) is 10.8. The molecule has 1 N–H and O–H groups in total. The number of benzene rings is 1. The molecule has 0 aliphatic rings. The second kappa shape index (κ2) is 7.66. The predicted molar refractivity (Wildman–Crippen MR) is 68.1 cm³/mol. The highest BCUT2D eigenvalue weighted by atomic mass is 19.1. The number of amides is 1. The van der Waals surface area contributed by atoms with E-state index in [9.17, 15) is 9.18 Å². The summed E-state index contributed by atoms with van der Waals surface area (Å²) >= 11 is 0. The van der Waals surface area contributed by atoms with E-state index in [4.69, 9.17) is 4.74 Å². The number of nitrogens with zero attached hydrogens (tertiary/aromatic N) is 1. The highest BCUT2D eigenvalue weighted by Gasteiger charge is 2.06. The number of carbonyl (C=O) groups is 1. The van der Waals surface area contributed by atoms with Crippen molar-refractivity contribution in [2.75, 3.05) is 33.3 Å². The Balaban J connectivity index is 2.25. The number of para-hydroxylation sites is 1. The van der Waals surface area contributed by atoms with Crippen molar-refractivity contribution in [3.05, 3.63) is 30.1 Å². The fourth-order valence-corrected chi connectivity index (χ4v) is 1.45. The van der Waals surface area contributed by atoms with Gasteiger partial charge in [-0.1, -0.05) is 12.1 Å². The number of nitrogens with one attached hydrogen (secondary N) is 1. The van der Waals surface area contributed by atoms with Gasteiger partial charge < -0.3 is 10.1 Å². The van der Waals surface area contributed by atoms with Gasteiger partial charge in [0.25, 0.3) is 0 Å². The summed E-state index contributed by atoms with van der Waals surface area (Å²) in [5, 5.41) is 2.71. The van der Waals surface area contributed by atoms with Crippen molar-refractivity contribution in [3.8, 4) is 5.75 Å². The van der Waals surface area contributed by atoms with Gasteiger partial charge in [0.2, 0.25) is 5.91 Å². The molecule has 0 aromatic heterocycles. The average Bonchev–Trinajstić information content (AvgIpc) is 2.31. The largest absolute Gasteiger partial charge is 0.489 e. The first-order valence-corrected chi connectivity index (χ1v) is 5.96. The summed E-state index contributed by atoms with van der Waals surface area (Å²) in [6, 6.07) is 6.27. The average molecular weight is 254 g/mol. The molecule has 0 heterocycles. The maximum atomic E-state index is 13.2. The fraction of sp³-hybridized carbons (Fsp3) is 0.462. The molecule has 100 valence electrons. The van der Waals surface area contributed by atoms with Crippen LogP contribution in [0.3, 0.4) is 0 Å². The summed E-state index contributed by atoms with van der Waals surface area (Å²) in [5.41, 5.74) is 0. The Morgan fingerprint density at radius 1 is 1.44 bits per heavy atom. The van der Waals surface area contributed by atoms with Crippen LogP contribution in [0.5, 0.6) is 5.75 Å². The topological polar surface area (TPSA) is 41.6 Å². The first-order valence-electron chi connectivity index (χ1n) is 5.96. The Morgan fingerprint density at radius 3 is 2.83 bits per heavy atom. The van der Waals surface area contributed by atoms with E-state index in [0.29, 0.717) is 26.2 Å². The molecule has 0 aliphatic heterocycles. The van der Waals surface area contributed by atoms with Crippen molar-refractivity contribution in [2.45, 2.75) is 6.92 Å². The molecule has 0 bridgehead atoms. The van der Waals surface area contributed by atoms with E-state index in [0.717, 1.165) is 0 Å². The lowest BCUT2D eigenvalue weighted by atomic mass is 10.3. The maximum absolute atomic E-state index is 13.2. The number of carbonyl (C=O) groups excluding carboxylic acids is 1. The van der Waals surface area contributed by atoms with Crippen LogP contribution in [0.15, 0.2) is 24.3 Å². The van der Waals surface area contributed by atoms with Crippen LogP contribution in [0.4, 0.5) is 4.39 Å². The van der Waals surface area contributed by atoms with Crippen molar-refractivity contribution in [1.29, 1.82) is 0 Å². The molecule has 1 aromatic rings. The van der Waals surface area contributed by atoms with Gasteiger partial charge in [0, 0.05) is 13.1 Å². The molecule has 0 fully saturated rings. The second-order valence-corrected chi connectivity index (χ2v) is 3.97. The van der Waals surface area contributed by atoms with Crippen LogP contribution in [0.1, 0.15) is 6.92 Å². The van der Waals surface area contributed by atoms with Crippen molar-refractivity contribution < 1.29 is 13.9 Å². The van der Waals surface area contributed by atoms with Crippen LogP contribution in [0.2, 0.25) is 0 Å². The minimum absolute atomic E-state index is 0.0223. The van der Waals surface area contributed by atoms with Crippen molar-refractivity contribution in [1.82, 2.24) is 10.2 Å². The van der Waals surface area contributed by atoms with E-state index >= 15 is 0 Å². The molecule has 4 nitrogen and oxygen atoms in total. The van der Waals surface area contributed by atoms with E-state index < -0.39 is 0 Å². The van der Waals surface area contributed by atoms with Gasteiger partial charge in [-0.3, -0.25) is 9.69 Å². The molecule has 0 spiro atoms. The number of ether oxygens (including phenoxy) is 1. The molecule has 0 radical (unpaired) electrons. The summed E-state index contributed by atoms with van der Waals surface area (Å²) < 4.78 is 18.5. The molecule has 1 amide bonds. The lowest BCUT2D eigenvalue weighted by molar-refractivity contribution is -0.121. The molecular weight excluding hydrogens is 235 g/mol. The first-order chi connectivity index (χ1) is 8.63. The highest BCUT2D eigenvalue weighted by molar-refractivity contribution is 5.77. The van der Waals surface area contributed by atoms with Crippen molar-refractivity contribution >= 4 is 5.91 Å². The molecule has 0 atom stereocenters. The van der Waals surface area contributed by atoms with E-state index in [1.807, 2.05) is 18.9 Å². The molecule has 18 heavy (non-hydrogen) atoms. The van der Waals surface area contributed by atoms with E-state index in [1.54, 1.807) is 18.2 Å². The fourth-order valence-electron chi connectivity index (χ4n) is 1.45. The van der Waals surface area contributed by atoms with E-state index in [1.165, 1.54) is 6.07 Å². The third kappa shape index (κ3) is 5.14. The maximum Gasteiger partial charge on any atom is 0.234 e. The lowest BCUT2D eigenvalue weighted by Gasteiger charge is -2.16. The Labute approximate surface area is 107 Å². The summed E-state index contributed by atoms with van der Waals surface area (Å²) in [5.74, 6) is -0.154. The van der Waals surface area contributed by atoms with Gasteiger partial charge in [0.15, 0.2) is 11.6 Å². The van der Waals surface area contributed by atoms with Crippen LogP contribution in [-0.4, -0.2) is 44.1 Å². The van der Waals surface area contributed by atoms with Crippen LogP contribution in [-0.2, 0) is 4.79 Å². The molecular formula is C13H19FN2O2. The minimum atomic E-state index is -0.371. The number of halogens is 1. The second-order valence-electron chi connectivity index (χ2n) is 3.97. The number of rotatable bonds is 7. The van der Waals surface area contributed by atoms with Gasteiger partial charge in [-0.15, -0.1) is 0 Å². The van der Waals surface area contributed by atoms with Gasteiger partial charge in [0.05, 0.1) is 6.54 Å². The van der Waals surface area contributed by atoms with Crippen molar-refractivity contribution in [2.24, 2.45) is 0 Å². The van der Waals surface area contributed by atoms with Gasteiger partial charge in [0.1, 0.15) is 6.61 Å². The number of hydrogen-bond donors (Lipinski definition) is 1. The number of hydrogen-bond acceptors (Lipinski definition) is 3. The third-order valence-electron chi connectivity index (χ3n) is 2.35. The normalized spacial score (nSPS) is 10.4. The van der Waals surface area contributed by atoms with Gasteiger partial charge in [-0.25, -0.2) is 4.39 Å². The van der Waals surface area contributed by atoms with Crippen LogP contribution < -0.4 is 10.1 Å². The summed E-state index contributed by atoms with van der Waals surface area (Å²) in [4.78, 5) is 13.1. The third-order valence-corrected chi connectivity index (χ3v) is 2.35. The minimum Gasteiger partial charge on any atom is -0.489 e. The SMILES string of the molecule is CCNC(=O)CN(C)CCOc1ccccc1F. The Hall–Kier alpha value is -1.62. The molecule has 0 aliphatic carbocycles. The van der Waals surface area contributed by atoms with Gasteiger partial charge in [-0.2, -0.15) is 0 Å². The molecule has 1 rings (SSSR count). The zero-order valence-electron chi connectivity index (χ0n) is 10.8. The summed E-state index contributed by atoms with van der Waals surface area (Å²) in [6.45, 7) is 3.72.